The number of nitrogens with one attached hydrogen (secondary N) is 2. The van der Waals surface area contributed by atoms with Gasteiger partial charge in [-0.15, -0.1) is 11.3 Å². The van der Waals surface area contributed by atoms with Crippen LogP contribution in [0, 0.1) is 13.8 Å². The minimum atomic E-state index is -4.44. The third kappa shape index (κ3) is 4.88. The number of hydrogen-bond acceptors (Lipinski definition) is 7. The highest BCUT2D eigenvalue weighted by Crippen LogP contribution is 2.31. The van der Waals surface area contributed by atoms with Crippen LogP contribution in [0.25, 0.3) is 5.95 Å². The molecule has 166 valence electrons. The topological polar surface area (TPSA) is 80.5 Å². The quantitative estimate of drug-likeness (QED) is 0.387. The molecule has 0 aliphatic rings. The van der Waals surface area contributed by atoms with Crippen molar-refractivity contribution in [3.05, 3.63) is 69.9 Å². The van der Waals surface area contributed by atoms with Crippen molar-refractivity contribution in [2.24, 2.45) is 0 Å². The molecule has 32 heavy (non-hydrogen) atoms. The summed E-state index contributed by atoms with van der Waals surface area (Å²) < 4.78 is 40.9. The lowest BCUT2D eigenvalue weighted by Crippen LogP contribution is -2.12. The molecule has 0 saturated carbocycles. The van der Waals surface area contributed by atoms with Gasteiger partial charge in [-0.2, -0.15) is 28.2 Å². The first-order valence-corrected chi connectivity index (χ1v) is 10.6. The summed E-state index contributed by atoms with van der Waals surface area (Å²) in [6.45, 7) is 5.68. The van der Waals surface area contributed by atoms with Crippen LogP contribution < -0.4 is 10.6 Å². The van der Waals surface area contributed by atoms with Crippen LogP contribution in [0.4, 0.5) is 30.5 Å². The average molecular weight is 460 g/mol. The van der Waals surface area contributed by atoms with E-state index in [1.165, 1.54) is 17.4 Å². The molecule has 1 unspecified atom stereocenters. The first-order chi connectivity index (χ1) is 15.2. The van der Waals surface area contributed by atoms with Crippen LogP contribution >= 0.6 is 11.3 Å². The standard InChI is InChI=1S/C21H20F3N7S/c1-12-9-13(2)31(30-12)20-28-17(26-14(3)19-25-7-8-32-19)11-18(29-20)27-16-6-4-5-15(10-16)21(22,23)24/h4-11,14H,1-3H3,(H2,26,27,28,29). The Kier molecular flexibility index (Phi) is 5.83. The molecule has 7 nitrogen and oxygen atoms in total. The molecule has 11 heteroatoms. The molecule has 0 radical (unpaired) electrons. The summed E-state index contributed by atoms with van der Waals surface area (Å²) in [5.74, 6) is 1.11. The summed E-state index contributed by atoms with van der Waals surface area (Å²) in [4.78, 5) is 13.3. The van der Waals surface area contributed by atoms with Crippen LogP contribution in [0.3, 0.4) is 0 Å². The number of aryl methyl sites for hydroxylation is 2. The molecule has 0 aliphatic carbocycles. The van der Waals surface area contributed by atoms with Gasteiger partial charge in [-0.25, -0.2) is 9.67 Å². The zero-order valence-electron chi connectivity index (χ0n) is 17.5. The van der Waals surface area contributed by atoms with E-state index in [0.717, 1.165) is 28.5 Å². The number of thiazole rings is 1. The Morgan fingerprint density at radius 2 is 1.84 bits per heavy atom. The van der Waals surface area contributed by atoms with Crippen molar-refractivity contribution >= 4 is 28.7 Å². The van der Waals surface area contributed by atoms with E-state index in [2.05, 4.69) is 30.7 Å². The van der Waals surface area contributed by atoms with Gasteiger partial charge in [0, 0.05) is 29.0 Å². The van der Waals surface area contributed by atoms with Crippen molar-refractivity contribution in [3.63, 3.8) is 0 Å². The smallest absolute Gasteiger partial charge is 0.361 e. The molecular weight excluding hydrogens is 439 g/mol. The molecule has 0 amide bonds. The van der Waals surface area contributed by atoms with E-state index in [4.69, 9.17) is 0 Å². The number of hydrogen-bond donors (Lipinski definition) is 2. The fourth-order valence-corrected chi connectivity index (χ4v) is 3.80. The van der Waals surface area contributed by atoms with Gasteiger partial charge in [0.2, 0.25) is 0 Å². The van der Waals surface area contributed by atoms with Crippen LogP contribution in [0.2, 0.25) is 0 Å². The molecule has 0 bridgehead atoms. The predicted octanol–water partition coefficient (Wildman–Crippen LogP) is 5.67. The van der Waals surface area contributed by atoms with Gasteiger partial charge in [-0.3, -0.25) is 0 Å². The number of halogens is 3. The molecule has 1 atom stereocenters. The van der Waals surface area contributed by atoms with Crippen LogP contribution in [-0.4, -0.2) is 24.7 Å². The fraction of sp³-hybridized carbons (Fsp3) is 0.238. The number of rotatable bonds is 6. The largest absolute Gasteiger partial charge is 0.416 e. The molecule has 4 rings (SSSR count). The Hall–Kier alpha value is -3.47. The van der Waals surface area contributed by atoms with Gasteiger partial charge in [0.25, 0.3) is 5.95 Å². The lowest BCUT2D eigenvalue weighted by atomic mass is 10.2. The second-order valence-corrected chi connectivity index (χ2v) is 8.14. The van der Waals surface area contributed by atoms with Crippen molar-refractivity contribution in [2.75, 3.05) is 10.6 Å². The van der Waals surface area contributed by atoms with E-state index in [0.29, 0.717) is 17.6 Å². The fourth-order valence-electron chi connectivity index (χ4n) is 3.15. The van der Waals surface area contributed by atoms with E-state index in [1.807, 2.05) is 32.2 Å². The summed E-state index contributed by atoms with van der Waals surface area (Å²) in [6.07, 6.45) is -2.71. The number of aromatic nitrogens is 5. The Morgan fingerprint density at radius 3 is 2.50 bits per heavy atom. The molecule has 0 spiro atoms. The number of anilines is 3. The molecule has 0 saturated heterocycles. The van der Waals surface area contributed by atoms with Crippen molar-refractivity contribution in [1.29, 1.82) is 0 Å². The summed E-state index contributed by atoms with van der Waals surface area (Å²) in [6, 6.07) is 8.36. The molecule has 4 aromatic rings. The highest BCUT2D eigenvalue weighted by Gasteiger charge is 2.30. The summed E-state index contributed by atoms with van der Waals surface area (Å²) >= 11 is 1.51. The summed E-state index contributed by atoms with van der Waals surface area (Å²) in [7, 11) is 0. The molecule has 1 aromatic carbocycles. The molecule has 3 aromatic heterocycles. The van der Waals surface area contributed by atoms with Crippen molar-refractivity contribution in [3.8, 4) is 5.95 Å². The van der Waals surface area contributed by atoms with Crippen LogP contribution in [-0.2, 0) is 6.18 Å². The van der Waals surface area contributed by atoms with Gasteiger partial charge < -0.3 is 10.6 Å². The lowest BCUT2D eigenvalue weighted by molar-refractivity contribution is -0.137. The van der Waals surface area contributed by atoms with Gasteiger partial charge in [0.1, 0.15) is 16.6 Å². The van der Waals surface area contributed by atoms with Crippen molar-refractivity contribution in [1.82, 2.24) is 24.7 Å². The third-order valence-electron chi connectivity index (χ3n) is 4.56. The van der Waals surface area contributed by atoms with Gasteiger partial charge >= 0.3 is 6.18 Å². The van der Waals surface area contributed by atoms with E-state index in [9.17, 15) is 13.2 Å². The molecule has 2 N–H and O–H groups in total. The van der Waals surface area contributed by atoms with Gasteiger partial charge in [-0.05, 0) is 45.0 Å². The van der Waals surface area contributed by atoms with Crippen LogP contribution in [0.15, 0.2) is 48.0 Å². The van der Waals surface area contributed by atoms with E-state index in [-0.39, 0.29) is 11.7 Å². The Bertz CT molecular complexity index is 1220. The lowest BCUT2D eigenvalue weighted by Gasteiger charge is -2.15. The monoisotopic (exact) mass is 459 g/mol. The average Bonchev–Trinajstić information content (AvgIpc) is 3.37. The molecule has 0 fully saturated rings. The number of nitrogens with zero attached hydrogens (tertiary/aromatic N) is 5. The molecule has 0 aliphatic heterocycles. The predicted molar refractivity (Wildman–Crippen MR) is 118 cm³/mol. The van der Waals surface area contributed by atoms with Crippen molar-refractivity contribution in [2.45, 2.75) is 33.0 Å². The first kappa shape index (κ1) is 21.8. The number of alkyl halides is 3. The first-order valence-electron chi connectivity index (χ1n) is 9.72. The minimum Gasteiger partial charge on any atom is -0.361 e. The Morgan fingerprint density at radius 1 is 1.06 bits per heavy atom. The highest BCUT2D eigenvalue weighted by molar-refractivity contribution is 7.09. The Labute approximate surface area is 186 Å². The zero-order valence-corrected chi connectivity index (χ0v) is 18.3. The number of benzene rings is 1. The normalized spacial score (nSPS) is 12.6. The van der Waals surface area contributed by atoms with E-state index >= 15 is 0 Å². The SMILES string of the molecule is Cc1cc(C)n(-c2nc(Nc3cccc(C(F)(F)F)c3)cc(NC(C)c3nccs3)n2)n1. The maximum Gasteiger partial charge on any atom is 0.416 e. The Balaban J connectivity index is 1.71. The van der Waals surface area contributed by atoms with Crippen LogP contribution in [0.5, 0.6) is 0 Å². The van der Waals surface area contributed by atoms with E-state index in [1.54, 1.807) is 23.0 Å². The third-order valence-corrected chi connectivity index (χ3v) is 5.52. The second kappa shape index (κ2) is 8.58. The second-order valence-electron chi connectivity index (χ2n) is 7.22. The van der Waals surface area contributed by atoms with Crippen LogP contribution in [0.1, 0.15) is 34.9 Å². The summed E-state index contributed by atoms with van der Waals surface area (Å²) in [5.41, 5.74) is 1.15. The summed E-state index contributed by atoms with van der Waals surface area (Å²) in [5, 5.41) is 13.4. The maximum absolute atomic E-state index is 13.1. The van der Waals surface area contributed by atoms with Crippen molar-refractivity contribution < 1.29 is 13.2 Å². The molecular formula is C21H20F3N7S. The minimum absolute atomic E-state index is 0.125. The maximum atomic E-state index is 13.1. The van der Waals surface area contributed by atoms with Gasteiger partial charge in [0.15, 0.2) is 0 Å². The molecule has 3 heterocycles. The zero-order chi connectivity index (χ0) is 22.9. The van der Waals surface area contributed by atoms with E-state index < -0.39 is 11.7 Å². The van der Waals surface area contributed by atoms with Gasteiger partial charge in [-0.1, -0.05) is 6.07 Å². The van der Waals surface area contributed by atoms with Gasteiger partial charge in [0.05, 0.1) is 17.3 Å². The highest BCUT2D eigenvalue weighted by atomic mass is 32.1.